The molecule has 2 aromatic carbocycles. The first-order chi connectivity index (χ1) is 10.0. The minimum atomic E-state index is -0.204. The summed E-state index contributed by atoms with van der Waals surface area (Å²) in [6.07, 6.45) is 0. The molecule has 0 bridgehead atoms. The summed E-state index contributed by atoms with van der Waals surface area (Å²) in [7, 11) is 1.60. The Morgan fingerprint density at radius 2 is 1.81 bits per heavy atom. The predicted octanol–water partition coefficient (Wildman–Crippen LogP) is 3.41. The number of carbonyl (C=O) groups is 1. The zero-order valence-corrected chi connectivity index (χ0v) is 12.5. The van der Waals surface area contributed by atoms with E-state index in [0.29, 0.717) is 17.7 Å². The molecule has 0 saturated carbocycles. The van der Waals surface area contributed by atoms with Crippen LogP contribution in [0.15, 0.2) is 36.4 Å². The quantitative estimate of drug-likeness (QED) is 0.904. The minimum Gasteiger partial charge on any atom is -0.381 e. The maximum absolute atomic E-state index is 13.5. The molecule has 1 amide bonds. The lowest BCUT2D eigenvalue weighted by Gasteiger charge is -2.12. The molecule has 2 rings (SSSR count). The molecule has 0 radical (unpaired) electrons. The van der Waals surface area contributed by atoms with Crippen LogP contribution in [0.5, 0.6) is 0 Å². The first kappa shape index (κ1) is 15.0. The van der Waals surface area contributed by atoms with Crippen molar-refractivity contribution in [3.8, 4) is 0 Å². The van der Waals surface area contributed by atoms with Crippen LogP contribution >= 0.6 is 0 Å². The van der Waals surface area contributed by atoms with Crippen LogP contribution < -0.4 is 10.6 Å². The number of benzene rings is 2. The molecule has 21 heavy (non-hydrogen) atoms. The van der Waals surface area contributed by atoms with Crippen LogP contribution in [0.3, 0.4) is 0 Å². The van der Waals surface area contributed by atoms with Crippen molar-refractivity contribution < 1.29 is 9.18 Å². The fourth-order valence-corrected chi connectivity index (χ4v) is 2.04. The van der Waals surface area contributed by atoms with E-state index in [1.165, 1.54) is 6.07 Å². The van der Waals surface area contributed by atoms with Crippen molar-refractivity contribution in [1.29, 1.82) is 0 Å². The highest BCUT2D eigenvalue weighted by molar-refractivity contribution is 5.95. The summed E-state index contributed by atoms with van der Waals surface area (Å²) in [5, 5.41) is 5.85. The predicted molar refractivity (Wildman–Crippen MR) is 83.0 cm³/mol. The highest BCUT2D eigenvalue weighted by Crippen LogP contribution is 2.18. The molecule has 0 aliphatic carbocycles. The molecule has 0 aromatic heterocycles. The van der Waals surface area contributed by atoms with Crippen LogP contribution in [0.1, 0.15) is 27.0 Å². The largest absolute Gasteiger partial charge is 0.381 e. The fourth-order valence-electron chi connectivity index (χ4n) is 2.04. The van der Waals surface area contributed by atoms with E-state index in [0.717, 1.165) is 16.8 Å². The lowest BCUT2D eigenvalue weighted by molar-refractivity contribution is 0.0963. The summed E-state index contributed by atoms with van der Waals surface area (Å²) < 4.78 is 13.5. The molecular formula is C17H19FN2O. The molecule has 0 atom stereocenters. The van der Waals surface area contributed by atoms with Crippen molar-refractivity contribution in [1.82, 2.24) is 5.32 Å². The Bertz CT molecular complexity index is 668. The van der Waals surface area contributed by atoms with E-state index in [-0.39, 0.29) is 11.7 Å². The molecule has 0 fully saturated rings. The summed E-state index contributed by atoms with van der Waals surface area (Å²) in [5.74, 6) is -0.329. The van der Waals surface area contributed by atoms with Crippen molar-refractivity contribution in [3.05, 3.63) is 64.5 Å². The van der Waals surface area contributed by atoms with Gasteiger partial charge in [-0.05, 0) is 48.7 Å². The molecule has 3 nitrogen and oxygen atoms in total. The Labute approximate surface area is 124 Å². The maximum atomic E-state index is 13.5. The Morgan fingerprint density at radius 1 is 1.10 bits per heavy atom. The van der Waals surface area contributed by atoms with E-state index in [2.05, 4.69) is 10.6 Å². The first-order valence-corrected chi connectivity index (χ1v) is 6.83. The average molecular weight is 286 g/mol. The van der Waals surface area contributed by atoms with Crippen LogP contribution in [-0.2, 0) is 6.54 Å². The first-order valence-electron chi connectivity index (χ1n) is 6.83. The number of anilines is 1. The van der Waals surface area contributed by atoms with Crippen molar-refractivity contribution in [2.45, 2.75) is 20.4 Å². The van der Waals surface area contributed by atoms with Crippen molar-refractivity contribution >= 4 is 11.6 Å². The number of hydrogen-bond donors (Lipinski definition) is 2. The summed E-state index contributed by atoms with van der Waals surface area (Å²) in [4.78, 5) is 11.6. The molecule has 0 aliphatic heterocycles. The summed E-state index contributed by atoms with van der Waals surface area (Å²) in [6.45, 7) is 4.21. The second kappa shape index (κ2) is 6.39. The van der Waals surface area contributed by atoms with Gasteiger partial charge in [0.05, 0.1) is 0 Å². The summed E-state index contributed by atoms with van der Waals surface area (Å²) >= 11 is 0. The summed E-state index contributed by atoms with van der Waals surface area (Å²) in [5.41, 5.74) is 4.01. The molecule has 4 heteroatoms. The van der Waals surface area contributed by atoms with Gasteiger partial charge in [-0.15, -0.1) is 0 Å². The van der Waals surface area contributed by atoms with Crippen molar-refractivity contribution in [2.24, 2.45) is 0 Å². The van der Waals surface area contributed by atoms with E-state index in [4.69, 9.17) is 0 Å². The Kier molecular flexibility index (Phi) is 4.58. The highest BCUT2D eigenvalue weighted by atomic mass is 19.1. The van der Waals surface area contributed by atoms with Gasteiger partial charge in [-0.25, -0.2) is 4.39 Å². The van der Waals surface area contributed by atoms with Crippen molar-refractivity contribution in [2.75, 3.05) is 12.4 Å². The van der Waals surface area contributed by atoms with Gasteiger partial charge in [-0.3, -0.25) is 4.79 Å². The van der Waals surface area contributed by atoms with Gasteiger partial charge in [0, 0.05) is 24.8 Å². The van der Waals surface area contributed by atoms with E-state index in [9.17, 15) is 9.18 Å². The second-order valence-corrected chi connectivity index (χ2v) is 5.05. The van der Waals surface area contributed by atoms with E-state index < -0.39 is 0 Å². The normalized spacial score (nSPS) is 10.3. The highest BCUT2D eigenvalue weighted by Gasteiger charge is 2.06. The summed E-state index contributed by atoms with van der Waals surface area (Å²) in [6, 6.07) is 10.7. The third-order valence-corrected chi connectivity index (χ3v) is 3.45. The molecule has 0 unspecified atom stereocenters. The van der Waals surface area contributed by atoms with Gasteiger partial charge >= 0.3 is 0 Å². The number of carbonyl (C=O) groups excluding carboxylic acids is 1. The monoisotopic (exact) mass is 286 g/mol. The van der Waals surface area contributed by atoms with Gasteiger partial charge in [0.15, 0.2) is 0 Å². The Morgan fingerprint density at radius 3 is 2.48 bits per heavy atom. The van der Waals surface area contributed by atoms with Crippen LogP contribution in [0.4, 0.5) is 10.1 Å². The third kappa shape index (κ3) is 3.60. The molecular weight excluding hydrogens is 267 g/mol. The standard InChI is InChI=1S/C17H19FN2O/c1-11-4-6-13(8-15(11)18)10-20-16-9-14(17(21)19-3)7-5-12(16)2/h4-9,20H,10H2,1-3H3,(H,19,21). The lowest BCUT2D eigenvalue weighted by Crippen LogP contribution is -2.18. The topological polar surface area (TPSA) is 41.1 Å². The second-order valence-electron chi connectivity index (χ2n) is 5.05. The van der Waals surface area contributed by atoms with Gasteiger partial charge < -0.3 is 10.6 Å². The Hall–Kier alpha value is -2.36. The average Bonchev–Trinajstić information content (AvgIpc) is 2.49. The number of halogens is 1. The molecule has 2 N–H and O–H groups in total. The number of rotatable bonds is 4. The van der Waals surface area contributed by atoms with E-state index in [1.54, 1.807) is 32.2 Å². The maximum Gasteiger partial charge on any atom is 0.251 e. The van der Waals surface area contributed by atoms with E-state index >= 15 is 0 Å². The number of amides is 1. The number of nitrogens with one attached hydrogen (secondary N) is 2. The van der Waals surface area contributed by atoms with E-state index in [1.807, 2.05) is 19.1 Å². The van der Waals surface area contributed by atoms with Gasteiger partial charge in [0.25, 0.3) is 5.91 Å². The smallest absolute Gasteiger partial charge is 0.251 e. The van der Waals surface area contributed by atoms with Crippen LogP contribution in [0, 0.1) is 19.7 Å². The molecule has 110 valence electrons. The van der Waals surface area contributed by atoms with Crippen LogP contribution in [0.2, 0.25) is 0 Å². The van der Waals surface area contributed by atoms with Gasteiger partial charge in [0.2, 0.25) is 0 Å². The molecule has 0 heterocycles. The molecule has 0 saturated heterocycles. The number of aryl methyl sites for hydroxylation is 2. The lowest BCUT2D eigenvalue weighted by atomic mass is 10.1. The Balaban J connectivity index is 2.15. The van der Waals surface area contributed by atoms with Gasteiger partial charge in [-0.1, -0.05) is 18.2 Å². The number of hydrogen-bond acceptors (Lipinski definition) is 2. The van der Waals surface area contributed by atoms with Crippen molar-refractivity contribution in [3.63, 3.8) is 0 Å². The molecule has 2 aromatic rings. The van der Waals surface area contributed by atoms with Gasteiger partial charge in [0.1, 0.15) is 5.82 Å². The fraction of sp³-hybridized carbons (Fsp3) is 0.235. The zero-order chi connectivity index (χ0) is 15.4. The van der Waals surface area contributed by atoms with Crippen LogP contribution in [-0.4, -0.2) is 13.0 Å². The zero-order valence-electron chi connectivity index (χ0n) is 12.5. The molecule has 0 aliphatic rings. The minimum absolute atomic E-state index is 0.126. The SMILES string of the molecule is CNC(=O)c1ccc(C)c(NCc2ccc(C)c(F)c2)c1. The van der Waals surface area contributed by atoms with Crippen LogP contribution in [0.25, 0.3) is 0 Å². The third-order valence-electron chi connectivity index (χ3n) is 3.45. The molecule has 0 spiro atoms. The van der Waals surface area contributed by atoms with Gasteiger partial charge in [-0.2, -0.15) is 0 Å².